The molecule has 2 aromatic heterocycles. The Labute approximate surface area is 149 Å². The second kappa shape index (κ2) is 7.35. The first kappa shape index (κ1) is 17.6. The average molecular weight is 365 g/mol. The summed E-state index contributed by atoms with van der Waals surface area (Å²) < 4.78 is 7.81. The third-order valence-electron chi connectivity index (χ3n) is 4.29. The van der Waals surface area contributed by atoms with Gasteiger partial charge >= 0.3 is 0 Å². The van der Waals surface area contributed by atoms with Gasteiger partial charge in [0.25, 0.3) is 0 Å². The molecule has 3 heterocycles. The van der Waals surface area contributed by atoms with Crippen molar-refractivity contribution in [2.24, 2.45) is 5.92 Å². The van der Waals surface area contributed by atoms with Gasteiger partial charge in [-0.05, 0) is 36.3 Å². The van der Waals surface area contributed by atoms with E-state index in [4.69, 9.17) is 4.42 Å². The molecule has 0 atom stereocenters. The van der Waals surface area contributed by atoms with E-state index >= 15 is 0 Å². The average Bonchev–Trinajstić information content (AvgIpc) is 3.16. The first-order valence-corrected chi connectivity index (χ1v) is 13.4. The number of furan rings is 1. The van der Waals surface area contributed by atoms with Crippen LogP contribution in [0.15, 0.2) is 28.0 Å². The van der Waals surface area contributed by atoms with E-state index in [1.807, 2.05) is 23.9 Å². The molecule has 132 valence electrons. The summed E-state index contributed by atoms with van der Waals surface area (Å²) in [7, 11) is -1.14. The number of anilines is 1. The van der Waals surface area contributed by atoms with Crippen LogP contribution in [0.2, 0.25) is 19.6 Å². The van der Waals surface area contributed by atoms with Gasteiger partial charge in [-0.15, -0.1) is 10.2 Å². The van der Waals surface area contributed by atoms with Gasteiger partial charge in [0.05, 0.1) is 20.9 Å². The molecule has 0 N–H and O–H groups in total. The lowest BCUT2D eigenvalue weighted by atomic mass is 10.00. The molecule has 1 fully saturated rings. The Morgan fingerprint density at radius 1 is 1.25 bits per heavy atom. The summed E-state index contributed by atoms with van der Waals surface area (Å²) in [6.45, 7) is 12.3. The van der Waals surface area contributed by atoms with Crippen LogP contribution in [0.25, 0.3) is 0 Å². The maximum atomic E-state index is 5.57. The van der Waals surface area contributed by atoms with Crippen LogP contribution in [0.3, 0.4) is 0 Å². The minimum absolute atomic E-state index is 0.704. The van der Waals surface area contributed by atoms with Crippen LogP contribution < -0.4 is 4.90 Å². The minimum Gasteiger partial charge on any atom is -0.467 e. The predicted molar refractivity (Wildman–Crippen MR) is 103 cm³/mol. The van der Waals surface area contributed by atoms with Crippen LogP contribution >= 0.6 is 11.8 Å². The van der Waals surface area contributed by atoms with Crippen LogP contribution in [0.1, 0.15) is 25.5 Å². The standard InChI is InChI=1S/C17H28N4OSSi/c1-14-7-9-20(10-8-14)16-18-19-17(23-13-24(2,3)4)21(16)12-15-6-5-11-22-15/h5-6,11,14H,7-10,12-13H2,1-4H3. The van der Waals surface area contributed by atoms with Crippen molar-refractivity contribution in [1.29, 1.82) is 0 Å². The number of nitrogens with zero attached hydrogens (tertiary/aromatic N) is 4. The summed E-state index contributed by atoms with van der Waals surface area (Å²) in [6.07, 6.45) is 4.19. The quantitative estimate of drug-likeness (QED) is 0.570. The number of hydrogen-bond acceptors (Lipinski definition) is 5. The Balaban J connectivity index is 1.83. The Hall–Kier alpha value is -1.21. The molecule has 0 unspecified atom stereocenters. The van der Waals surface area contributed by atoms with Gasteiger partial charge in [0.1, 0.15) is 5.76 Å². The van der Waals surface area contributed by atoms with Gasteiger partial charge in [-0.1, -0.05) is 38.3 Å². The van der Waals surface area contributed by atoms with E-state index in [9.17, 15) is 0 Å². The van der Waals surface area contributed by atoms with Gasteiger partial charge in [-0.25, -0.2) is 0 Å². The summed E-state index contributed by atoms with van der Waals surface area (Å²) >= 11 is 1.84. The van der Waals surface area contributed by atoms with Gasteiger partial charge in [0.15, 0.2) is 5.16 Å². The fourth-order valence-corrected chi connectivity index (χ4v) is 5.46. The number of piperidine rings is 1. The lowest BCUT2D eigenvalue weighted by Crippen LogP contribution is -2.35. The molecular formula is C17H28N4OSSi. The Morgan fingerprint density at radius 2 is 2.00 bits per heavy atom. The van der Waals surface area contributed by atoms with E-state index in [0.29, 0.717) is 6.54 Å². The number of rotatable bonds is 6. The third kappa shape index (κ3) is 4.45. The highest BCUT2D eigenvalue weighted by Gasteiger charge is 2.24. The van der Waals surface area contributed by atoms with E-state index in [1.54, 1.807) is 6.26 Å². The zero-order valence-corrected chi connectivity index (χ0v) is 17.0. The summed E-state index contributed by atoms with van der Waals surface area (Å²) in [5, 5.41) is 11.2. The van der Waals surface area contributed by atoms with Gasteiger partial charge in [-0.3, -0.25) is 4.57 Å². The van der Waals surface area contributed by atoms with Gasteiger partial charge in [0, 0.05) is 13.1 Å². The largest absolute Gasteiger partial charge is 0.467 e. The molecule has 2 aromatic rings. The van der Waals surface area contributed by atoms with Crippen LogP contribution in [0.4, 0.5) is 5.95 Å². The second-order valence-electron chi connectivity index (χ2n) is 7.97. The predicted octanol–water partition coefficient (Wildman–Crippen LogP) is 4.13. The van der Waals surface area contributed by atoms with E-state index in [-0.39, 0.29) is 0 Å². The third-order valence-corrected chi connectivity index (χ3v) is 8.89. The zero-order valence-electron chi connectivity index (χ0n) is 15.2. The monoisotopic (exact) mass is 364 g/mol. The van der Waals surface area contributed by atoms with E-state index in [1.165, 1.54) is 12.8 Å². The van der Waals surface area contributed by atoms with Crippen molar-refractivity contribution in [3.63, 3.8) is 0 Å². The summed E-state index contributed by atoms with van der Waals surface area (Å²) in [5.74, 6) is 2.76. The van der Waals surface area contributed by atoms with Crippen LogP contribution in [-0.2, 0) is 6.54 Å². The minimum atomic E-state index is -1.14. The maximum Gasteiger partial charge on any atom is 0.228 e. The van der Waals surface area contributed by atoms with Crippen molar-refractivity contribution >= 4 is 25.8 Å². The van der Waals surface area contributed by atoms with Crippen molar-refractivity contribution in [3.8, 4) is 0 Å². The molecule has 1 aliphatic heterocycles. The zero-order chi connectivity index (χ0) is 17.2. The van der Waals surface area contributed by atoms with Crippen molar-refractivity contribution < 1.29 is 4.42 Å². The smallest absolute Gasteiger partial charge is 0.228 e. The molecule has 7 heteroatoms. The lowest BCUT2D eigenvalue weighted by molar-refractivity contribution is 0.427. The molecule has 1 saturated heterocycles. The van der Waals surface area contributed by atoms with Gasteiger partial charge in [-0.2, -0.15) is 0 Å². The molecule has 0 bridgehead atoms. The van der Waals surface area contributed by atoms with E-state index in [0.717, 1.165) is 41.2 Å². The first-order chi connectivity index (χ1) is 11.4. The lowest BCUT2D eigenvalue weighted by Gasteiger charge is -2.31. The molecule has 0 amide bonds. The Kier molecular flexibility index (Phi) is 5.39. The van der Waals surface area contributed by atoms with Crippen molar-refractivity contribution in [3.05, 3.63) is 24.2 Å². The number of aromatic nitrogens is 3. The van der Waals surface area contributed by atoms with Gasteiger partial charge in [0.2, 0.25) is 5.95 Å². The molecule has 1 aliphatic rings. The number of thioether (sulfide) groups is 1. The first-order valence-electron chi connectivity index (χ1n) is 8.76. The van der Waals surface area contributed by atoms with Crippen molar-refractivity contribution in [2.75, 3.05) is 23.4 Å². The fourth-order valence-electron chi connectivity index (χ4n) is 2.81. The molecule has 0 spiro atoms. The van der Waals surface area contributed by atoms with Crippen molar-refractivity contribution in [1.82, 2.24) is 14.8 Å². The summed E-state index contributed by atoms with van der Waals surface area (Å²) in [6, 6.07) is 3.96. The van der Waals surface area contributed by atoms with Gasteiger partial charge < -0.3 is 9.32 Å². The molecule has 0 aliphatic carbocycles. The van der Waals surface area contributed by atoms with E-state index in [2.05, 4.69) is 46.2 Å². The molecule has 3 rings (SSSR count). The van der Waals surface area contributed by atoms with Crippen LogP contribution in [-0.4, -0.2) is 41.3 Å². The normalized spacial score (nSPS) is 16.8. The van der Waals surface area contributed by atoms with Crippen molar-refractivity contribution in [2.45, 2.75) is 51.1 Å². The summed E-state index contributed by atoms with van der Waals surface area (Å²) in [5.41, 5.74) is 0. The molecule has 5 nitrogen and oxygen atoms in total. The topological polar surface area (TPSA) is 47.1 Å². The van der Waals surface area contributed by atoms with Crippen LogP contribution in [0, 0.1) is 5.92 Å². The SMILES string of the molecule is CC1CCN(c2nnc(SC[Si](C)(C)C)n2Cc2ccco2)CC1. The Bertz CT molecular complexity index is 642. The number of hydrogen-bond donors (Lipinski definition) is 0. The molecular weight excluding hydrogens is 336 g/mol. The molecule has 0 saturated carbocycles. The van der Waals surface area contributed by atoms with Crippen LogP contribution in [0.5, 0.6) is 0 Å². The highest BCUT2D eigenvalue weighted by atomic mass is 32.2. The molecule has 0 radical (unpaired) electrons. The molecule has 0 aromatic carbocycles. The highest BCUT2D eigenvalue weighted by molar-refractivity contribution is 8.00. The Morgan fingerprint density at radius 3 is 2.62 bits per heavy atom. The van der Waals surface area contributed by atoms with E-state index < -0.39 is 8.07 Å². The fraction of sp³-hybridized carbons (Fsp3) is 0.647. The maximum absolute atomic E-state index is 5.57. The highest BCUT2D eigenvalue weighted by Crippen LogP contribution is 2.28. The molecule has 24 heavy (non-hydrogen) atoms. The summed E-state index contributed by atoms with van der Waals surface area (Å²) in [4.78, 5) is 2.38. The second-order valence-corrected chi connectivity index (χ2v) is 14.9.